The van der Waals surface area contributed by atoms with Crippen LogP contribution in [0.3, 0.4) is 0 Å². The number of hydrogen-bond acceptors (Lipinski definition) is 3. The van der Waals surface area contributed by atoms with Gasteiger partial charge in [0.05, 0.1) is 12.2 Å². The number of thioether (sulfide) groups is 2. The lowest BCUT2D eigenvalue weighted by Gasteiger charge is -2.38. The lowest BCUT2D eigenvalue weighted by molar-refractivity contribution is -0.000110. The molecule has 2 aliphatic rings. The Kier molecular flexibility index (Phi) is 3.92. The van der Waals surface area contributed by atoms with Crippen molar-refractivity contribution in [2.45, 2.75) is 35.5 Å². The molecule has 1 nitrogen and oxygen atoms in total. The first-order chi connectivity index (χ1) is 8.80. The summed E-state index contributed by atoms with van der Waals surface area (Å²) in [5.41, 5.74) is 0.158. The third-order valence-corrected chi connectivity index (χ3v) is 6.69. The minimum atomic E-state index is 0.158. The van der Waals surface area contributed by atoms with E-state index in [1.165, 1.54) is 29.2 Å². The smallest absolute Gasteiger partial charge is 0.0823 e. The molecule has 3 heteroatoms. The van der Waals surface area contributed by atoms with Gasteiger partial charge in [-0.15, -0.1) is 11.8 Å². The molecule has 2 atom stereocenters. The second kappa shape index (κ2) is 5.48. The molecule has 3 rings (SSSR count). The van der Waals surface area contributed by atoms with E-state index < -0.39 is 0 Å². The highest BCUT2D eigenvalue weighted by molar-refractivity contribution is 8.00. The first kappa shape index (κ1) is 12.9. The zero-order valence-electron chi connectivity index (χ0n) is 10.8. The largest absolute Gasteiger partial charge is 0.373 e. The number of ether oxygens (including phenoxy) is 1. The molecule has 2 saturated heterocycles. The van der Waals surface area contributed by atoms with Gasteiger partial charge in [-0.2, -0.15) is 11.8 Å². The molecular formula is C15H20OS2. The Morgan fingerprint density at radius 2 is 1.94 bits per heavy atom. The lowest BCUT2D eigenvalue weighted by atomic mass is 9.89. The van der Waals surface area contributed by atoms with Gasteiger partial charge >= 0.3 is 0 Å². The summed E-state index contributed by atoms with van der Waals surface area (Å²) in [6.45, 7) is 3.28. The molecule has 0 bridgehead atoms. The lowest BCUT2D eigenvalue weighted by Crippen LogP contribution is -2.42. The average molecular weight is 280 g/mol. The van der Waals surface area contributed by atoms with Crippen LogP contribution in [0.4, 0.5) is 0 Å². The molecule has 1 aromatic rings. The van der Waals surface area contributed by atoms with Crippen molar-refractivity contribution in [3.63, 3.8) is 0 Å². The minimum Gasteiger partial charge on any atom is -0.373 e. The highest BCUT2D eigenvalue weighted by Crippen LogP contribution is 2.48. The third kappa shape index (κ3) is 2.45. The molecule has 0 saturated carbocycles. The summed E-state index contributed by atoms with van der Waals surface area (Å²) in [5, 5.41) is 0.626. The summed E-state index contributed by atoms with van der Waals surface area (Å²) in [5.74, 6) is 3.19. The number of benzene rings is 1. The Morgan fingerprint density at radius 3 is 2.67 bits per heavy atom. The molecule has 0 radical (unpaired) electrons. The fourth-order valence-corrected chi connectivity index (χ4v) is 5.62. The van der Waals surface area contributed by atoms with Gasteiger partial charge in [0, 0.05) is 10.1 Å². The summed E-state index contributed by atoms with van der Waals surface area (Å²) < 4.78 is 6.24. The van der Waals surface area contributed by atoms with E-state index in [0.29, 0.717) is 11.2 Å². The maximum absolute atomic E-state index is 6.24. The molecule has 2 heterocycles. The van der Waals surface area contributed by atoms with Gasteiger partial charge in [-0.1, -0.05) is 25.1 Å². The first-order valence-electron chi connectivity index (χ1n) is 6.74. The first-order valence-corrected chi connectivity index (χ1v) is 8.77. The van der Waals surface area contributed by atoms with Gasteiger partial charge in [-0.3, -0.25) is 0 Å². The van der Waals surface area contributed by atoms with Crippen LogP contribution >= 0.6 is 23.5 Å². The third-order valence-electron chi connectivity index (χ3n) is 4.01. The SMILES string of the molecule is C[C@H]1COC2(CCSCC2)[C@@H]1Sc1ccccc1. The van der Waals surface area contributed by atoms with E-state index in [1.807, 2.05) is 11.8 Å². The van der Waals surface area contributed by atoms with Crippen molar-refractivity contribution in [2.24, 2.45) is 5.92 Å². The summed E-state index contributed by atoms with van der Waals surface area (Å²) in [6.07, 6.45) is 2.46. The normalized spacial score (nSPS) is 30.7. The molecule has 1 aromatic carbocycles. The van der Waals surface area contributed by atoms with Crippen LogP contribution in [0.1, 0.15) is 19.8 Å². The van der Waals surface area contributed by atoms with Gasteiger partial charge in [0.25, 0.3) is 0 Å². The molecule has 0 N–H and O–H groups in total. The van der Waals surface area contributed by atoms with Crippen LogP contribution in [0.15, 0.2) is 35.2 Å². The predicted octanol–water partition coefficient (Wildman–Crippen LogP) is 4.08. The molecule has 98 valence electrons. The topological polar surface area (TPSA) is 9.23 Å². The van der Waals surface area contributed by atoms with Gasteiger partial charge in [0.2, 0.25) is 0 Å². The number of hydrogen-bond donors (Lipinski definition) is 0. The molecule has 0 unspecified atom stereocenters. The van der Waals surface area contributed by atoms with Gasteiger partial charge in [-0.05, 0) is 42.4 Å². The summed E-state index contributed by atoms with van der Waals surface area (Å²) >= 11 is 4.11. The van der Waals surface area contributed by atoms with Crippen LogP contribution in [0.25, 0.3) is 0 Å². The Bertz CT molecular complexity index is 381. The molecule has 0 aliphatic carbocycles. The van der Waals surface area contributed by atoms with Crippen molar-refractivity contribution in [1.82, 2.24) is 0 Å². The second-order valence-corrected chi connectivity index (χ2v) is 7.76. The van der Waals surface area contributed by atoms with Gasteiger partial charge in [0.1, 0.15) is 0 Å². The van der Waals surface area contributed by atoms with E-state index in [-0.39, 0.29) is 5.60 Å². The van der Waals surface area contributed by atoms with Crippen LogP contribution in [-0.4, -0.2) is 29.0 Å². The molecular weight excluding hydrogens is 260 g/mol. The fraction of sp³-hybridized carbons (Fsp3) is 0.600. The zero-order valence-corrected chi connectivity index (χ0v) is 12.4. The van der Waals surface area contributed by atoms with E-state index in [9.17, 15) is 0 Å². The van der Waals surface area contributed by atoms with Crippen LogP contribution in [0.5, 0.6) is 0 Å². The Morgan fingerprint density at radius 1 is 1.22 bits per heavy atom. The quantitative estimate of drug-likeness (QED) is 0.808. The van der Waals surface area contributed by atoms with Crippen molar-refractivity contribution < 1.29 is 4.74 Å². The molecule has 18 heavy (non-hydrogen) atoms. The summed E-state index contributed by atoms with van der Waals surface area (Å²) in [4.78, 5) is 1.39. The zero-order chi connectivity index (χ0) is 12.4. The average Bonchev–Trinajstić information content (AvgIpc) is 2.71. The van der Waals surface area contributed by atoms with E-state index >= 15 is 0 Å². The summed E-state index contributed by atoms with van der Waals surface area (Å²) in [7, 11) is 0. The summed E-state index contributed by atoms with van der Waals surface area (Å²) in [6, 6.07) is 10.8. The monoisotopic (exact) mass is 280 g/mol. The van der Waals surface area contributed by atoms with Crippen molar-refractivity contribution in [3.05, 3.63) is 30.3 Å². The standard InChI is InChI=1S/C15H20OS2/c1-12-11-16-15(7-9-17-10-8-15)14(12)18-13-5-3-2-4-6-13/h2-6,12,14H,7-11H2,1H3/t12-,14+/m0/s1. The van der Waals surface area contributed by atoms with Crippen LogP contribution in [0, 0.1) is 5.92 Å². The van der Waals surface area contributed by atoms with Crippen molar-refractivity contribution >= 4 is 23.5 Å². The molecule has 2 aliphatic heterocycles. The predicted molar refractivity (Wildman–Crippen MR) is 80.5 cm³/mol. The maximum atomic E-state index is 6.24. The molecule has 0 amide bonds. The Labute approximate surface area is 118 Å². The second-order valence-electron chi connectivity index (χ2n) is 5.32. The van der Waals surface area contributed by atoms with E-state index in [0.717, 1.165) is 6.61 Å². The van der Waals surface area contributed by atoms with Crippen molar-refractivity contribution in [2.75, 3.05) is 18.1 Å². The van der Waals surface area contributed by atoms with Gasteiger partial charge in [-0.25, -0.2) is 0 Å². The highest BCUT2D eigenvalue weighted by Gasteiger charge is 2.49. The van der Waals surface area contributed by atoms with Crippen molar-refractivity contribution in [3.8, 4) is 0 Å². The van der Waals surface area contributed by atoms with E-state index in [1.54, 1.807) is 0 Å². The van der Waals surface area contributed by atoms with Gasteiger partial charge < -0.3 is 4.74 Å². The van der Waals surface area contributed by atoms with Crippen molar-refractivity contribution in [1.29, 1.82) is 0 Å². The van der Waals surface area contributed by atoms with Gasteiger partial charge in [0.15, 0.2) is 0 Å². The Balaban J connectivity index is 1.79. The minimum absolute atomic E-state index is 0.158. The molecule has 0 aromatic heterocycles. The molecule has 2 fully saturated rings. The Hall–Kier alpha value is -0.120. The number of rotatable bonds is 2. The van der Waals surface area contributed by atoms with Crippen LogP contribution < -0.4 is 0 Å². The van der Waals surface area contributed by atoms with Crippen LogP contribution in [0.2, 0.25) is 0 Å². The highest BCUT2D eigenvalue weighted by atomic mass is 32.2. The van der Waals surface area contributed by atoms with E-state index in [2.05, 4.69) is 49.0 Å². The van der Waals surface area contributed by atoms with Crippen LogP contribution in [-0.2, 0) is 4.74 Å². The molecule has 1 spiro atoms. The fourth-order valence-electron chi connectivity index (χ4n) is 3.00. The maximum Gasteiger partial charge on any atom is 0.0823 e. The van der Waals surface area contributed by atoms with E-state index in [4.69, 9.17) is 4.74 Å².